The first-order chi connectivity index (χ1) is 9.28. The van der Waals surface area contributed by atoms with Gasteiger partial charge in [0.2, 0.25) is 0 Å². The molecule has 0 aliphatic carbocycles. The molecular weight excluding hydrogens is 244 g/mol. The number of ether oxygens (including phenoxy) is 2. The Hall–Kier alpha value is -1.59. The Morgan fingerprint density at radius 1 is 1.32 bits per heavy atom. The number of nitrogens with one attached hydrogen (secondary N) is 1. The van der Waals surface area contributed by atoms with Gasteiger partial charge in [-0.2, -0.15) is 0 Å². The van der Waals surface area contributed by atoms with Gasteiger partial charge >= 0.3 is 0 Å². The van der Waals surface area contributed by atoms with Crippen molar-refractivity contribution in [2.75, 3.05) is 19.8 Å². The molecule has 0 atom stereocenters. The standard InChI is InChI=1S/C14H20N2O3/c15-9-11-1-3-13(4-2-11)19-10-14(17)16-12-5-7-18-8-6-12/h1-4,12H,5-10,15H2,(H,16,17). The highest BCUT2D eigenvalue weighted by molar-refractivity contribution is 5.77. The Morgan fingerprint density at radius 3 is 2.63 bits per heavy atom. The van der Waals surface area contributed by atoms with Gasteiger partial charge in [0.15, 0.2) is 6.61 Å². The van der Waals surface area contributed by atoms with Crippen molar-refractivity contribution < 1.29 is 14.3 Å². The Bertz CT molecular complexity index is 400. The number of carbonyl (C=O) groups excluding carboxylic acids is 1. The van der Waals surface area contributed by atoms with E-state index in [4.69, 9.17) is 15.2 Å². The molecule has 104 valence electrons. The van der Waals surface area contributed by atoms with Crippen molar-refractivity contribution in [2.45, 2.75) is 25.4 Å². The van der Waals surface area contributed by atoms with Crippen LogP contribution in [0.1, 0.15) is 18.4 Å². The fraction of sp³-hybridized carbons (Fsp3) is 0.500. The molecule has 0 aromatic heterocycles. The number of rotatable bonds is 5. The molecule has 0 saturated carbocycles. The normalized spacial score (nSPS) is 16.1. The van der Waals surface area contributed by atoms with Gasteiger partial charge in [-0.25, -0.2) is 0 Å². The third kappa shape index (κ3) is 4.54. The summed E-state index contributed by atoms with van der Waals surface area (Å²) in [6.45, 7) is 1.97. The fourth-order valence-electron chi connectivity index (χ4n) is 1.98. The maximum Gasteiger partial charge on any atom is 0.258 e. The fourth-order valence-corrected chi connectivity index (χ4v) is 1.98. The van der Waals surface area contributed by atoms with Crippen molar-refractivity contribution in [1.82, 2.24) is 5.32 Å². The molecule has 0 bridgehead atoms. The lowest BCUT2D eigenvalue weighted by Gasteiger charge is -2.23. The van der Waals surface area contributed by atoms with Crippen LogP contribution < -0.4 is 15.8 Å². The van der Waals surface area contributed by atoms with Crippen molar-refractivity contribution in [1.29, 1.82) is 0 Å². The highest BCUT2D eigenvalue weighted by atomic mass is 16.5. The molecule has 1 aliphatic heterocycles. The van der Waals surface area contributed by atoms with E-state index in [1.807, 2.05) is 24.3 Å². The number of benzene rings is 1. The number of carbonyl (C=O) groups is 1. The van der Waals surface area contributed by atoms with Crippen LogP contribution in [0.5, 0.6) is 5.75 Å². The molecule has 1 aromatic carbocycles. The number of hydrogen-bond acceptors (Lipinski definition) is 4. The highest BCUT2D eigenvalue weighted by Gasteiger charge is 2.16. The average Bonchev–Trinajstić information content (AvgIpc) is 2.47. The van der Waals surface area contributed by atoms with Crippen LogP contribution >= 0.6 is 0 Å². The van der Waals surface area contributed by atoms with E-state index in [1.165, 1.54) is 0 Å². The van der Waals surface area contributed by atoms with Gasteiger partial charge in [-0.05, 0) is 30.5 Å². The van der Waals surface area contributed by atoms with Crippen LogP contribution in [-0.4, -0.2) is 31.8 Å². The Morgan fingerprint density at radius 2 is 2.00 bits per heavy atom. The molecule has 0 unspecified atom stereocenters. The summed E-state index contributed by atoms with van der Waals surface area (Å²) in [5, 5.41) is 2.95. The van der Waals surface area contributed by atoms with Gasteiger partial charge in [-0.1, -0.05) is 12.1 Å². The molecule has 1 heterocycles. The summed E-state index contributed by atoms with van der Waals surface area (Å²) in [5.74, 6) is 0.592. The molecule has 3 N–H and O–H groups in total. The predicted molar refractivity (Wildman–Crippen MR) is 71.8 cm³/mol. The third-order valence-electron chi connectivity index (χ3n) is 3.12. The molecule has 1 aromatic rings. The molecule has 1 fully saturated rings. The van der Waals surface area contributed by atoms with Crippen LogP contribution in [0, 0.1) is 0 Å². The summed E-state index contributed by atoms with van der Waals surface area (Å²) in [6.07, 6.45) is 1.74. The first-order valence-electron chi connectivity index (χ1n) is 6.57. The van der Waals surface area contributed by atoms with Gasteiger partial charge in [-0.3, -0.25) is 4.79 Å². The van der Waals surface area contributed by atoms with Gasteiger partial charge < -0.3 is 20.5 Å². The maximum atomic E-state index is 11.7. The lowest BCUT2D eigenvalue weighted by Crippen LogP contribution is -2.41. The second kappa shape index (κ2) is 7.11. The molecule has 0 spiro atoms. The minimum Gasteiger partial charge on any atom is -0.484 e. The molecule has 19 heavy (non-hydrogen) atoms. The van der Waals surface area contributed by atoms with Crippen LogP contribution in [0.2, 0.25) is 0 Å². The van der Waals surface area contributed by atoms with Gasteiger partial charge in [0.1, 0.15) is 5.75 Å². The van der Waals surface area contributed by atoms with Crippen LogP contribution in [0.3, 0.4) is 0 Å². The maximum absolute atomic E-state index is 11.7. The zero-order chi connectivity index (χ0) is 13.5. The van der Waals surface area contributed by atoms with Crippen LogP contribution in [-0.2, 0) is 16.1 Å². The van der Waals surface area contributed by atoms with Crippen molar-refractivity contribution >= 4 is 5.91 Å². The van der Waals surface area contributed by atoms with Gasteiger partial charge in [-0.15, -0.1) is 0 Å². The smallest absolute Gasteiger partial charge is 0.258 e. The monoisotopic (exact) mass is 264 g/mol. The van der Waals surface area contributed by atoms with Crippen LogP contribution in [0.15, 0.2) is 24.3 Å². The van der Waals surface area contributed by atoms with E-state index in [2.05, 4.69) is 5.32 Å². The SMILES string of the molecule is NCc1ccc(OCC(=O)NC2CCOCC2)cc1. The van der Waals surface area contributed by atoms with E-state index >= 15 is 0 Å². The quantitative estimate of drug-likeness (QED) is 0.825. The summed E-state index contributed by atoms with van der Waals surface area (Å²) < 4.78 is 10.7. The number of nitrogens with two attached hydrogens (primary N) is 1. The van der Waals surface area contributed by atoms with E-state index in [-0.39, 0.29) is 18.6 Å². The second-order valence-corrected chi connectivity index (χ2v) is 4.59. The summed E-state index contributed by atoms with van der Waals surface area (Å²) >= 11 is 0. The summed E-state index contributed by atoms with van der Waals surface area (Å²) in [4.78, 5) is 11.7. The van der Waals surface area contributed by atoms with Crippen molar-refractivity contribution in [3.8, 4) is 5.75 Å². The summed E-state index contributed by atoms with van der Waals surface area (Å²) in [6, 6.07) is 7.65. The first kappa shape index (κ1) is 13.8. The van der Waals surface area contributed by atoms with Crippen LogP contribution in [0.25, 0.3) is 0 Å². The largest absolute Gasteiger partial charge is 0.484 e. The molecule has 1 saturated heterocycles. The lowest BCUT2D eigenvalue weighted by molar-refractivity contribution is -0.124. The topological polar surface area (TPSA) is 73.6 Å². The average molecular weight is 264 g/mol. The molecule has 5 heteroatoms. The zero-order valence-electron chi connectivity index (χ0n) is 10.9. The molecule has 0 radical (unpaired) electrons. The van der Waals surface area contributed by atoms with Crippen molar-refractivity contribution in [3.63, 3.8) is 0 Å². The number of hydrogen-bond donors (Lipinski definition) is 2. The van der Waals surface area contributed by atoms with E-state index in [1.54, 1.807) is 0 Å². The molecular formula is C14H20N2O3. The van der Waals surface area contributed by atoms with E-state index in [9.17, 15) is 4.79 Å². The molecule has 5 nitrogen and oxygen atoms in total. The summed E-state index contributed by atoms with van der Waals surface area (Å²) in [5.41, 5.74) is 6.55. The second-order valence-electron chi connectivity index (χ2n) is 4.59. The predicted octanol–water partition coefficient (Wildman–Crippen LogP) is 0.819. The lowest BCUT2D eigenvalue weighted by atomic mass is 10.1. The third-order valence-corrected chi connectivity index (χ3v) is 3.12. The molecule has 1 amide bonds. The van der Waals surface area contributed by atoms with Gasteiger partial charge in [0.05, 0.1) is 0 Å². The van der Waals surface area contributed by atoms with Crippen molar-refractivity contribution in [2.24, 2.45) is 5.73 Å². The highest BCUT2D eigenvalue weighted by Crippen LogP contribution is 2.12. The molecule has 2 rings (SSSR count). The van der Waals surface area contributed by atoms with Gasteiger partial charge in [0.25, 0.3) is 5.91 Å². The van der Waals surface area contributed by atoms with Crippen molar-refractivity contribution in [3.05, 3.63) is 29.8 Å². The van der Waals surface area contributed by atoms with E-state index in [0.717, 1.165) is 18.4 Å². The van der Waals surface area contributed by atoms with Crippen LogP contribution in [0.4, 0.5) is 0 Å². The summed E-state index contributed by atoms with van der Waals surface area (Å²) in [7, 11) is 0. The van der Waals surface area contributed by atoms with Gasteiger partial charge in [0, 0.05) is 25.8 Å². The Labute approximate surface area is 113 Å². The van der Waals surface area contributed by atoms with E-state index < -0.39 is 0 Å². The minimum atomic E-state index is -0.0881. The first-order valence-corrected chi connectivity index (χ1v) is 6.57. The van der Waals surface area contributed by atoms with E-state index in [0.29, 0.717) is 25.5 Å². The number of amides is 1. The minimum absolute atomic E-state index is 0.0410. The zero-order valence-corrected chi connectivity index (χ0v) is 10.9. The molecule has 1 aliphatic rings. The Kier molecular flexibility index (Phi) is 5.18. The Balaban J connectivity index is 1.72.